The van der Waals surface area contributed by atoms with Gasteiger partial charge in [0.05, 0.1) is 5.60 Å². The van der Waals surface area contributed by atoms with Gasteiger partial charge in [0.2, 0.25) is 0 Å². The third-order valence-electron chi connectivity index (χ3n) is 4.23. The van der Waals surface area contributed by atoms with Crippen LogP contribution in [-0.4, -0.2) is 40.1 Å². The van der Waals surface area contributed by atoms with Crippen LogP contribution >= 0.6 is 11.3 Å². The molecule has 1 N–H and O–H groups in total. The van der Waals surface area contributed by atoms with E-state index in [0.717, 1.165) is 31.2 Å². The molecule has 0 bridgehead atoms. The van der Waals surface area contributed by atoms with Crippen molar-refractivity contribution in [3.05, 3.63) is 41.2 Å². The van der Waals surface area contributed by atoms with Crippen LogP contribution in [-0.2, 0) is 0 Å². The SMILES string of the molecule is CN(CC1(O)CCCC1)C(=O)c1csc(-c2ccc(F)cc2)n1. The number of aliphatic hydroxyl groups is 1. The second-order valence-corrected chi connectivity index (χ2v) is 7.00. The summed E-state index contributed by atoms with van der Waals surface area (Å²) in [5.74, 6) is -0.499. The molecule has 122 valence electrons. The number of carbonyl (C=O) groups is 1. The first-order valence-electron chi connectivity index (χ1n) is 7.66. The largest absolute Gasteiger partial charge is 0.388 e. The molecule has 1 aromatic carbocycles. The lowest BCUT2D eigenvalue weighted by Crippen LogP contribution is -2.42. The minimum absolute atomic E-state index is 0.199. The molecule has 0 aliphatic heterocycles. The quantitative estimate of drug-likeness (QED) is 0.933. The fourth-order valence-electron chi connectivity index (χ4n) is 3.00. The highest BCUT2D eigenvalue weighted by Crippen LogP contribution is 2.30. The number of hydrogen-bond donors (Lipinski definition) is 1. The molecule has 1 saturated carbocycles. The van der Waals surface area contributed by atoms with Gasteiger partial charge in [0.25, 0.3) is 5.91 Å². The van der Waals surface area contributed by atoms with Crippen molar-refractivity contribution in [2.45, 2.75) is 31.3 Å². The van der Waals surface area contributed by atoms with Crippen molar-refractivity contribution in [1.82, 2.24) is 9.88 Å². The number of halogens is 1. The standard InChI is InChI=1S/C17H19FN2O2S/c1-20(11-17(22)8-2-3-9-17)16(21)14-10-23-15(19-14)12-4-6-13(18)7-5-12/h4-7,10,22H,2-3,8-9,11H2,1H3. The van der Waals surface area contributed by atoms with E-state index in [2.05, 4.69) is 4.98 Å². The van der Waals surface area contributed by atoms with E-state index >= 15 is 0 Å². The fraction of sp³-hybridized carbons (Fsp3) is 0.412. The predicted molar refractivity (Wildman–Crippen MR) is 87.9 cm³/mol. The Bertz CT molecular complexity index is 693. The molecule has 1 fully saturated rings. The molecular weight excluding hydrogens is 315 g/mol. The molecule has 1 aromatic heterocycles. The van der Waals surface area contributed by atoms with E-state index in [4.69, 9.17) is 0 Å². The van der Waals surface area contributed by atoms with E-state index in [1.165, 1.54) is 28.4 Å². The molecular formula is C17H19FN2O2S. The Kier molecular flexibility index (Phi) is 4.46. The Hall–Kier alpha value is -1.79. The molecule has 1 aliphatic rings. The first-order chi connectivity index (χ1) is 11.0. The van der Waals surface area contributed by atoms with Crippen LogP contribution in [0.5, 0.6) is 0 Å². The van der Waals surface area contributed by atoms with Crippen molar-refractivity contribution in [2.24, 2.45) is 0 Å². The van der Waals surface area contributed by atoms with Crippen LogP contribution < -0.4 is 0 Å². The first kappa shape index (κ1) is 16.1. The maximum Gasteiger partial charge on any atom is 0.273 e. The Balaban J connectivity index is 1.71. The highest BCUT2D eigenvalue weighted by molar-refractivity contribution is 7.13. The zero-order valence-electron chi connectivity index (χ0n) is 13.0. The summed E-state index contributed by atoms with van der Waals surface area (Å²) in [6.45, 7) is 0.329. The number of likely N-dealkylation sites (N-methyl/N-ethyl adjacent to an activating group) is 1. The smallest absolute Gasteiger partial charge is 0.273 e. The average Bonchev–Trinajstić information content (AvgIpc) is 3.16. The van der Waals surface area contributed by atoms with E-state index in [-0.39, 0.29) is 11.7 Å². The lowest BCUT2D eigenvalue weighted by molar-refractivity contribution is 0.0155. The van der Waals surface area contributed by atoms with Gasteiger partial charge in [0, 0.05) is 24.5 Å². The van der Waals surface area contributed by atoms with Crippen LogP contribution in [0, 0.1) is 5.82 Å². The van der Waals surface area contributed by atoms with Crippen LogP contribution in [0.25, 0.3) is 10.6 Å². The van der Waals surface area contributed by atoms with Crippen molar-refractivity contribution in [3.8, 4) is 10.6 Å². The summed E-state index contributed by atoms with van der Waals surface area (Å²) in [7, 11) is 1.69. The number of rotatable bonds is 4. The normalized spacial score (nSPS) is 16.5. The maximum absolute atomic E-state index is 13.0. The number of aromatic nitrogens is 1. The van der Waals surface area contributed by atoms with Gasteiger partial charge in [-0.1, -0.05) is 12.8 Å². The maximum atomic E-state index is 13.0. The van der Waals surface area contributed by atoms with Gasteiger partial charge < -0.3 is 10.0 Å². The van der Waals surface area contributed by atoms with Crippen LogP contribution in [0.4, 0.5) is 4.39 Å². The monoisotopic (exact) mass is 334 g/mol. The van der Waals surface area contributed by atoms with E-state index < -0.39 is 5.60 Å². The minimum atomic E-state index is -0.764. The van der Waals surface area contributed by atoms with Crippen LogP contribution in [0.2, 0.25) is 0 Å². The van der Waals surface area contributed by atoms with Gasteiger partial charge in [-0.3, -0.25) is 4.79 Å². The molecule has 0 spiro atoms. The molecule has 3 rings (SSSR count). The molecule has 0 saturated heterocycles. The summed E-state index contributed by atoms with van der Waals surface area (Å²) < 4.78 is 13.0. The number of carbonyl (C=O) groups excluding carboxylic acids is 1. The number of amides is 1. The van der Waals surface area contributed by atoms with Crippen molar-refractivity contribution in [2.75, 3.05) is 13.6 Å². The summed E-state index contributed by atoms with van der Waals surface area (Å²) >= 11 is 1.35. The number of nitrogens with zero attached hydrogens (tertiary/aromatic N) is 2. The summed E-state index contributed by atoms with van der Waals surface area (Å²) in [4.78, 5) is 18.4. The average molecular weight is 334 g/mol. The van der Waals surface area contributed by atoms with Crippen LogP contribution in [0.3, 0.4) is 0 Å². The molecule has 6 heteroatoms. The summed E-state index contributed by atoms with van der Waals surface area (Å²) in [6, 6.07) is 6.04. The summed E-state index contributed by atoms with van der Waals surface area (Å²) in [6.07, 6.45) is 3.49. The molecule has 2 aromatic rings. The predicted octanol–water partition coefficient (Wildman–Crippen LogP) is 3.33. The van der Waals surface area contributed by atoms with Gasteiger partial charge in [-0.25, -0.2) is 9.37 Å². The lowest BCUT2D eigenvalue weighted by Gasteiger charge is -2.28. The number of hydrogen-bond acceptors (Lipinski definition) is 4. The highest BCUT2D eigenvalue weighted by Gasteiger charge is 2.34. The second kappa shape index (κ2) is 6.37. The van der Waals surface area contributed by atoms with Gasteiger partial charge in [-0.2, -0.15) is 0 Å². The van der Waals surface area contributed by atoms with Crippen LogP contribution in [0.15, 0.2) is 29.6 Å². The summed E-state index contributed by atoms with van der Waals surface area (Å²) in [5.41, 5.74) is 0.381. The van der Waals surface area contributed by atoms with Crippen molar-refractivity contribution in [1.29, 1.82) is 0 Å². The molecule has 0 unspecified atom stereocenters. The molecule has 1 amide bonds. The fourth-order valence-corrected chi connectivity index (χ4v) is 3.80. The van der Waals surface area contributed by atoms with E-state index in [1.54, 1.807) is 24.6 Å². The topological polar surface area (TPSA) is 53.4 Å². The van der Waals surface area contributed by atoms with Gasteiger partial charge in [-0.15, -0.1) is 11.3 Å². The molecule has 0 radical (unpaired) electrons. The number of benzene rings is 1. The van der Waals surface area contributed by atoms with E-state index in [1.807, 2.05) is 0 Å². The zero-order valence-corrected chi connectivity index (χ0v) is 13.8. The minimum Gasteiger partial charge on any atom is -0.388 e. The Labute approximate surface area is 138 Å². The van der Waals surface area contributed by atoms with Gasteiger partial charge in [-0.05, 0) is 37.1 Å². The summed E-state index contributed by atoms with van der Waals surface area (Å²) in [5, 5.41) is 12.8. The van der Waals surface area contributed by atoms with Gasteiger partial charge >= 0.3 is 0 Å². The first-order valence-corrected chi connectivity index (χ1v) is 8.54. The molecule has 0 atom stereocenters. The number of thiazole rings is 1. The molecule has 1 aliphatic carbocycles. The third-order valence-corrected chi connectivity index (χ3v) is 5.12. The Morgan fingerprint density at radius 2 is 2.00 bits per heavy atom. The molecule has 4 nitrogen and oxygen atoms in total. The van der Waals surface area contributed by atoms with Crippen molar-refractivity contribution >= 4 is 17.2 Å². The Morgan fingerprint density at radius 3 is 2.65 bits per heavy atom. The molecule has 23 heavy (non-hydrogen) atoms. The molecule has 1 heterocycles. The third kappa shape index (κ3) is 3.59. The second-order valence-electron chi connectivity index (χ2n) is 6.14. The van der Waals surface area contributed by atoms with Gasteiger partial charge in [0.15, 0.2) is 0 Å². The van der Waals surface area contributed by atoms with E-state index in [9.17, 15) is 14.3 Å². The highest BCUT2D eigenvalue weighted by atomic mass is 32.1. The Morgan fingerprint density at radius 1 is 1.35 bits per heavy atom. The van der Waals surface area contributed by atoms with Crippen LogP contribution in [0.1, 0.15) is 36.2 Å². The van der Waals surface area contributed by atoms with Gasteiger partial charge in [0.1, 0.15) is 16.5 Å². The van der Waals surface area contributed by atoms with E-state index in [0.29, 0.717) is 17.2 Å². The zero-order chi connectivity index (χ0) is 16.4. The van der Waals surface area contributed by atoms with Crippen molar-refractivity contribution < 1.29 is 14.3 Å². The lowest BCUT2D eigenvalue weighted by atomic mass is 10.0. The van der Waals surface area contributed by atoms with Crippen molar-refractivity contribution in [3.63, 3.8) is 0 Å².